The third kappa shape index (κ3) is 4.09. The number of aromatic nitrogens is 5. The lowest BCUT2D eigenvalue weighted by Crippen LogP contribution is -2.26. The highest BCUT2D eigenvalue weighted by atomic mass is 16.3. The van der Waals surface area contributed by atoms with Crippen LogP contribution >= 0.6 is 0 Å². The van der Waals surface area contributed by atoms with Crippen molar-refractivity contribution < 1.29 is 9.90 Å². The Bertz CT molecular complexity index is 1750. The Morgan fingerprint density at radius 2 is 1.87 bits per heavy atom. The standard InChI is InChI=1S/C29H29N7O3/c1-17(37)14-34-15-22(23-26(30)32-16-33-28(23)34)19-11-9-18(10-12-19)21-8-5-13-35-25(21)24(27(31)38)29(39)36(35)20-6-3-2-4-7-20/h2-4,6-7,9-12,15-17,21,37H,5,8,13-14H2,1H3,(H2,31,38)(H2,30,32,33). The van der Waals surface area contributed by atoms with Crippen molar-refractivity contribution in [3.63, 3.8) is 0 Å². The Balaban J connectivity index is 1.45. The van der Waals surface area contributed by atoms with E-state index in [9.17, 15) is 14.7 Å². The predicted octanol–water partition coefficient (Wildman–Crippen LogP) is 3.04. The fraction of sp³-hybridized carbons (Fsp3) is 0.241. The number of nitrogen functional groups attached to an aromatic ring is 1. The summed E-state index contributed by atoms with van der Waals surface area (Å²) >= 11 is 0. The monoisotopic (exact) mass is 523 g/mol. The van der Waals surface area contributed by atoms with Crippen LogP contribution in [-0.2, 0) is 13.1 Å². The van der Waals surface area contributed by atoms with Gasteiger partial charge in [-0.25, -0.2) is 14.6 Å². The topological polar surface area (TPSA) is 147 Å². The van der Waals surface area contributed by atoms with Crippen LogP contribution in [0.5, 0.6) is 0 Å². The van der Waals surface area contributed by atoms with Crippen molar-refractivity contribution in [1.29, 1.82) is 0 Å². The summed E-state index contributed by atoms with van der Waals surface area (Å²) in [4.78, 5) is 34.6. The number of nitrogens with two attached hydrogens (primary N) is 2. The molecule has 3 aromatic heterocycles. The number of fused-ring (bicyclic) bond motifs is 2. The van der Waals surface area contributed by atoms with Crippen molar-refractivity contribution in [2.75, 3.05) is 5.73 Å². The zero-order valence-corrected chi connectivity index (χ0v) is 21.5. The van der Waals surface area contributed by atoms with Crippen LogP contribution in [0, 0.1) is 0 Å². The zero-order chi connectivity index (χ0) is 27.3. The first-order chi connectivity index (χ1) is 18.8. The molecule has 0 spiro atoms. The van der Waals surface area contributed by atoms with E-state index in [1.807, 2.05) is 70.0 Å². The van der Waals surface area contributed by atoms with Gasteiger partial charge in [0.1, 0.15) is 23.4 Å². The van der Waals surface area contributed by atoms with E-state index >= 15 is 0 Å². The first kappa shape index (κ1) is 24.6. The number of rotatable bonds is 6. The summed E-state index contributed by atoms with van der Waals surface area (Å²) in [6.07, 6.45) is 4.43. The molecule has 4 heterocycles. The predicted molar refractivity (Wildman–Crippen MR) is 149 cm³/mol. The van der Waals surface area contributed by atoms with E-state index in [0.29, 0.717) is 35.9 Å². The Morgan fingerprint density at radius 1 is 1.13 bits per heavy atom. The maximum atomic E-state index is 13.4. The van der Waals surface area contributed by atoms with Crippen molar-refractivity contribution in [2.24, 2.45) is 5.73 Å². The van der Waals surface area contributed by atoms with Gasteiger partial charge in [0.15, 0.2) is 0 Å². The maximum Gasteiger partial charge on any atom is 0.284 e. The molecule has 1 aliphatic rings. The maximum absolute atomic E-state index is 13.4. The van der Waals surface area contributed by atoms with Crippen molar-refractivity contribution in [1.82, 2.24) is 23.9 Å². The molecule has 2 atom stereocenters. The Labute approximate surface area is 224 Å². The minimum Gasteiger partial charge on any atom is -0.392 e. The van der Waals surface area contributed by atoms with Crippen molar-refractivity contribution in [3.8, 4) is 16.8 Å². The summed E-state index contributed by atoms with van der Waals surface area (Å²) in [6.45, 7) is 2.71. The van der Waals surface area contributed by atoms with E-state index in [1.54, 1.807) is 11.6 Å². The summed E-state index contributed by atoms with van der Waals surface area (Å²) in [5, 5.41) is 10.7. The molecule has 0 fully saturated rings. The smallest absolute Gasteiger partial charge is 0.284 e. The van der Waals surface area contributed by atoms with Gasteiger partial charge in [0, 0.05) is 30.8 Å². The summed E-state index contributed by atoms with van der Waals surface area (Å²) < 4.78 is 5.35. The number of hydrogen-bond donors (Lipinski definition) is 3. The number of benzene rings is 2. The van der Waals surface area contributed by atoms with Gasteiger partial charge in [0.25, 0.3) is 11.5 Å². The molecule has 39 heavy (non-hydrogen) atoms. The van der Waals surface area contributed by atoms with Crippen molar-refractivity contribution in [3.05, 3.63) is 94.3 Å². The minimum absolute atomic E-state index is 0.0405. The molecular weight excluding hydrogens is 494 g/mol. The number of nitrogens with zero attached hydrogens (tertiary/aromatic N) is 5. The van der Waals surface area contributed by atoms with E-state index < -0.39 is 17.6 Å². The fourth-order valence-corrected chi connectivity index (χ4v) is 5.79. The molecule has 10 nitrogen and oxygen atoms in total. The van der Waals surface area contributed by atoms with Crippen LogP contribution < -0.4 is 17.0 Å². The third-order valence-electron chi connectivity index (χ3n) is 7.39. The molecule has 5 aromatic rings. The lowest BCUT2D eigenvalue weighted by Gasteiger charge is -2.27. The summed E-state index contributed by atoms with van der Waals surface area (Å²) in [5.74, 6) is -0.519. The normalized spacial score (nSPS) is 15.8. The molecule has 2 unspecified atom stereocenters. The highest BCUT2D eigenvalue weighted by Gasteiger charge is 2.33. The first-order valence-corrected chi connectivity index (χ1v) is 12.9. The van der Waals surface area contributed by atoms with Gasteiger partial charge in [-0.1, -0.05) is 42.5 Å². The van der Waals surface area contributed by atoms with Gasteiger partial charge in [0.05, 0.1) is 22.9 Å². The number of aliphatic hydroxyl groups excluding tert-OH is 1. The molecule has 10 heteroatoms. The highest BCUT2D eigenvalue weighted by molar-refractivity contribution is 6.00. The van der Waals surface area contributed by atoms with Crippen molar-refractivity contribution in [2.45, 2.75) is 44.9 Å². The molecule has 6 rings (SSSR count). The van der Waals surface area contributed by atoms with Crippen LogP contribution in [0.2, 0.25) is 0 Å². The molecule has 1 amide bonds. The lowest BCUT2D eigenvalue weighted by atomic mass is 9.86. The SMILES string of the molecule is CC(O)Cn1cc(-c2ccc(C3CCCn4c3c(C(N)=O)c(=O)n4-c3ccccc3)cc2)c2c(N)ncnc21. The van der Waals surface area contributed by atoms with E-state index in [4.69, 9.17) is 11.5 Å². The molecule has 1 aliphatic heterocycles. The van der Waals surface area contributed by atoms with Crippen LogP contribution in [-0.4, -0.2) is 41.0 Å². The Kier molecular flexibility index (Phi) is 6.03. The molecular formula is C29H29N7O3. The molecule has 0 bridgehead atoms. The third-order valence-corrected chi connectivity index (χ3v) is 7.39. The Morgan fingerprint density at radius 3 is 2.56 bits per heavy atom. The molecule has 0 radical (unpaired) electrons. The second kappa shape index (κ2) is 9.55. The lowest BCUT2D eigenvalue weighted by molar-refractivity contribution is 0.0997. The summed E-state index contributed by atoms with van der Waals surface area (Å²) in [7, 11) is 0. The zero-order valence-electron chi connectivity index (χ0n) is 21.5. The van der Waals surface area contributed by atoms with Crippen LogP contribution in [0.25, 0.3) is 27.8 Å². The van der Waals surface area contributed by atoms with Crippen LogP contribution in [0.1, 0.15) is 47.3 Å². The van der Waals surface area contributed by atoms with Gasteiger partial charge in [-0.05, 0) is 43.0 Å². The average molecular weight is 524 g/mol. The van der Waals surface area contributed by atoms with Gasteiger partial charge in [-0.15, -0.1) is 0 Å². The Hall–Kier alpha value is -4.70. The van der Waals surface area contributed by atoms with E-state index in [-0.39, 0.29) is 11.5 Å². The summed E-state index contributed by atoms with van der Waals surface area (Å²) in [6, 6.07) is 17.3. The average Bonchev–Trinajstić information content (AvgIpc) is 3.44. The number of anilines is 1. The largest absolute Gasteiger partial charge is 0.392 e. The number of hydrogen-bond acceptors (Lipinski definition) is 6. The number of aliphatic hydroxyl groups is 1. The van der Waals surface area contributed by atoms with Crippen LogP contribution in [0.3, 0.4) is 0 Å². The van der Waals surface area contributed by atoms with E-state index in [0.717, 1.165) is 34.9 Å². The number of carbonyl (C=O) groups excluding carboxylic acids is 1. The van der Waals surface area contributed by atoms with E-state index in [1.165, 1.54) is 6.33 Å². The number of carbonyl (C=O) groups is 1. The van der Waals surface area contributed by atoms with Crippen molar-refractivity contribution >= 4 is 22.8 Å². The molecule has 198 valence electrons. The van der Waals surface area contributed by atoms with Gasteiger partial charge in [-0.3, -0.25) is 14.3 Å². The second-order valence-corrected chi connectivity index (χ2v) is 10.0. The van der Waals surface area contributed by atoms with Gasteiger partial charge < -0.3 is 21.1 Å². The highest BCUT2D eigenvalue weighted by Crippen LogP contribution is 2.38. The number of amides is 1. The molecule has 0 saturated heterocycles. The molecule has 2 aromatic carbocycles. The fourth-order valence-electron chi connectivity index (χ4n) is 5.79. The number of primary amides is 1. The van der Waals surface area contributed by atoms with Crippen LogP contribution in [0.15, 0.2) is 71.9 Å². The first-order valence-electron chi connectivity index (χ1n) is 12.9. The molecule has 0 saturated carbocycles. The molecule has 5 N–H and O–H groups in total. The number of para-hydroxylation sites is 1. The molecule has 0 aliphatic carbocycles. The van der Waals surface area contributed by atoms with Gasteiger partial charge >= 0.3 is 0 Å². The second-order valence-electron chi connectivity index (χ2n) is 10.0. The quantitative estimate of drug-likeness (QED) is 0.312. The minimum atomic E-state index is -0.719. The van der Waals surface area contributed by atoms with Crippen LogP contribution in [0.4, 0.5) is 5.82 Å². The van der Waals surface area contributed by atoms with E-state index in [2.05, 4.69) is 9.97 Å². The van der Waals surface area contributed by atoms with Gasteiger partial charge in [-0.2, -0.15) is 0 Å². The summed E-state index contributed by atoms with van der Waals surface area (Å²) in [5.41, 5.74) is 16.4. The van der Waals surface area contributed by atoms with Gasteiger partial charge in [0.2, 0.25) is 0 Å².